The first kappa shape index (κ1) is 12.5. The molecule has 0 bridgehead atoms. The van der Waals surface area contributed by atoms with Gasteiger partial charge in [-0.05, 0) is 24.3 Å². The second kappa shape index (κ2) is 6.07. The predicted molar refractivity (Wildman–Crippen MR) is 72.8 cm³/mol. The number of Topliss-reactive ketones (excluding diaryl/α,β-unsaturated/α-hetero) is 1. The largest absolute Gasteiger partial charge is 0.294 e. The van der Waals surface area contributed by atoms with E-state index in [9.17, 15) is 4.79 Å². The molecule has 90 valence electrons. The van der Waals surface area contributed by atoms with Gasteiger partial charge in [0.15, 0.2) is 5.78 Å². The Hall–Kier alpha value is -2.00. The first-order chi connectivity index (χ1) is 8.77. The average Bonchev–Trinajstić information content (AvgIpc) is 2.42. The molecule has 3 nitrogen and oxygen atoms in total. The van der Waals surface area contributed by atoms with Crippen molar-refractivity contribution in [2.24, 2.45) is 4.99 Å². The van der Waals surface area contributed by atoms with Gasteiger partial charge in [0.2, 0.25) is 0 Å². The molecule has 0 aliphatic heterocycles. The lowest BCUT2D eigenvalue weighted by Gasteiger charge is -1.97. The number of nitrogens with zero attached hydrogens (tertiary/aromatic N) is 2. The van der Waals surface area contributed by atoms with E-state index in [0.29, 0.717) is 16.3 Å². The van der Waals surface area contributed by atoms with Crippen LogP contribution in [-0.4, -0.2) is 17.0 Å². The molecule has 1 aromatic carbocycles. The van der Waals surface area contributed by atoms with Gasteiger partial charge in [0.25, 0.3) is 0 Å². The van der Waals surface area contributed by atoms with E-state index in [1.165, 1.54) is 0 Å². The summed E-state index contributed by atoms with van der Waals surface area (Å²) < 4.78 is 0. The molecule has 0 unspecified atom stereocenters. The van der Waals surface area contributed by atoms with Crippen molar-refractivity contribution in [3.8, 4) is 0 Å². The van der Waals surface area contributed by atoms with Crippen molar-refractivity contribution >= 4 is 29.3 Å². The number of carbonyl (C=O) groups is 1. The summed E-state index contributed by atoms with van der Waals surface area (Å²) in [5.74, 6) is -0.0149. The maximum absolute atomic E-state index is 11.8. The number of rotatable bonds is 4. The van der Waals surface area contributed by atoms with Crippen LogP contribution in [0.3, 0.4) is 0 Å². The van der Waals surface area contributed by atoms with Crippen LogP contribution in [0.5, 0.6) is 0 Å². The minimum atomic E-state index is -0.0149. The number of hydrogen-bond acceptors (Lipinski definition) is 3. The number of ketones is 1. The van der Waals surface area contributed by atoms with Gasteiger partial charge in [-0.1, -0.05) is 23.7 Å². The minimum Gasteiger partial charge on any atom is -0.294 e. The molecule has 0 aliphatic carbocycles. The Balaban J connectivity index is 2.00. The number of carbonyl (C=O) groups excluding carboxylic acids is 1. The van der Waals surface area contributed by atoms with Crippen molar-refractivity contribution in [1.82, 2.24) is 4.98 Å². The van der Waals surface area contributed by atoms with E-state index in [4.69, 9.17) is 11.6 Å². The zero-order chi connectivity index (χ0) is 12.8. The van der Waals surface area contributed by atoms with Gasteiger partial charge in [-0.25, -0.2) is 0 Å². The molecule has 1 aromatic heterocycles. The van der Waals surface area contributed by atoms with Gasteiger partial charge >= 0.3 is 0 Å². The summed E-state index contributed by atoms with van der Waals surface area (Å²) in [5, 5.41) is 0.572. The van der Waals surface area contributed by atoms with Gasteiger partial charge in [0, 0.05) is 30.6 Å². The van der Waals surface area contributed by atoms with Crippen LogP contribution < -0.4 is 0 Å². The second-order valence-corrected chi connectivity index (χ2v) is 4.04. The van der Waals surface area contributed by atoms with Crippen molar-refractivity contribution in [1.29, 1.82) is 0 Å². The van der Waals surface area contributed by atoms with Gasteiger partial charge in [-0.2, -0.15) is 0 Å². The predicted octanol–water partition coefficient (Wildman–Crippen LogP) is 3.71. The fraction of sp³-hybridized carbons (Fsp3) is 0.0714. The number of para-hydroxylation sites is 1. The standard InChI is InChI=1S/C14H11ClN2O/c15-12-5-1-2-6-13(12)17-9-7-14(18)11-4-3-8-16-10-11/h1-6,8-10H,7H2. The maximum atomic E-state index is 11.8. The molecule has 0 spiro atoms. The average molecular weight is 259 g/mol. The fourth-order valence-corrected chi connectivity index (χ4v) is 1.61. The SMILES string of the molecule is O=C(CC=Nc1ccccc1Cl)c1cccnc1. The molecule has 1 heterocycles. The summed E-state index contributed by atoms with van der Waals surface area (Å²) in [6.45, 7) is 0. The summed E-state index contributed by atoms with van der Waals surface area (Å²) in [5.41, 5.74) is 1.25. The summed E-state index contributed by atoms with van der Waals surface area (Å²) in [6, 6.07) is 10.7. The highest BCUT2D eigenvalue weighted by Gasteiger charge is 2.03. The third kappa shape index (κ3) is 3.25. The highest BCUT2D eigenvalue weighted by Crippen LogP contribution is 2.23. The topological polar surface area (TPSA) is 42.3 Å². The lowest BCUT2D eigenvalue weighted by atomic mass is 10.1. The molecule has 0 atom stereocenters. The number of aliphatic imine (C=N–C) groups is 1. The monoisotopic (exact) mass is 258 g/mol. The molecular weight excluding hydrogens is 248 g/mol. The molecule has 0 N–H and O–H groups in total. The number of aromatic nitrogens is 1. The lowest BCUT2D eigenvalue weighted by molar-refractivity contribution is 0.100. The minimum absolute atomic E-state index is 0.0149. The molecule has 0 saturated carbocycles. The molecule has 2 rings (SSSR count). The Morgan fingerprint density at radius 3 is 2.83 bits per heavy atom. The zero-order valence-electron chi connectivity index (χ0n) is 9.58. The van der Waals surface area contributed by atoms with Crippen molar-refractivity contribution in [3.63, 3.8) is 0 Å². The van der Waals surface area contributed by atoms with E-state index in [1.54, 1.807) is 42.9 Å². The molecule has 0 radical (unpaired) electrons. The smallest absolute Gasteiger partial charge is 0.169 e. The van der Waals surface area contributed by atoms with Crippen LogP contribution in [0.15, 0.2) is 53.8 Å². The van der Waals surface area contributed by atoms with Crippen LogP contribution >= 0.6 is 11.6 Å². The van der Waals surface area contributed by atoms with Crippen LogP contribution in [-0.2, 0) is 0 Å². The van der Waals surface area contributed by atoms with E-state index in [2.05, 4.69) is 9.98 Å². The van der Waals surface area contributed by atoms with E-state index in [0.717, 1.165) is 0 Å². The van der Waals surface area contributed by atoms with Crippen LogP contribution in [0, 0.1) is 0 Å². The van der Waals surface area contributed by atoms with Gasteiger partial charge in [-0.15, -0.1) is 0 Å². The Kier molecular flexibility index (Phi) is 4.20. The number of halogens is 1. The number of benzene rings is 1. The Labute approximate surface area is 110 Å². The van der Waals surface area contributed by atoms with E-state index < -0.39 is 0 Å². The van der Waals surface area contributed by atoms with Crippen LogP contribution in [0.1, 0.15) is 16.8 Å². The Morgan fingerprint density at radius 2 is 2.11 bits per heavy atom. The Bertz CT molecular complexity index is 567. The van der Waals surface area contributed by atoms with Gasteiger partial charge < -0.3 is 0 Å². The third-order valence-corrected chi connectivity index (χ3v) is 2.66. The lowest BCUT2D eigenvalue weighted by Crippen LogP contribution is -1.99. The fourth-order valence-electron chi connectivity index (χ4n) is 1.43. The summed E-state index contributed by atoms with van der Waals surface area (Å²) in [7, 11) is 0. The molecule has 0 amide bonds. The second-order valence-electron chi connectivity index (χ2n) is 3.63. The summed E-state index contributed by atoms with van der Waals surface area (Å²) in [6.07, 6.45) is 4.98. The molecule has 18 heavy (non-hydrogen) atoms. The van der Waals surface area contributed by atoms with Crippen molar-refractivity contribution in [2.75, 3.05) is 0 Å². The first-order valence-corrected chi connectivity index (χ1v) is 5.85. The molecular formula is C14H11ClN2O. The molecule has 0 saturated heterocycles. The molecule has 2 aromatic rings. The highest BCUT2D eigenvalue weighted by atomic mass is 35.5. The zero-order valence-corrected chi connectivity index (χ0v) is 10.3. The van der Waals surface area contributed by atoms with Crippen LogP contribution in [0.2, 0.25) is 5.02 Å². The van der Waals surface area contributed by atoms with Crippen LogP contribution in [0.4, 0.5) is 5.69 Å². The van der Waals surface area contributed by atoms with E-state index in [-0.39, 0.29) is 12.2 Å². The molecule has 0 fully saturated rings. The van der Waals surface area contributed by atoms with E-state index in [1.807, 2.05) is 12.1 Å². The van der Waals surface area contributed by atoms with Crippen molar-refractivity contribution in [3.05, 3.63) is 59.4 Å². The van der Waals surface area contributed by atoms with E-state index >= 15 is 0 Å². The van der Waals surface area contributed by atoms with Gasteiger partial charge in [-0.3, -0.25) is 14.8 Å². The number of pyridine rings is 1. The van der Waals surface area contributed by atoms with Gasteiger partial charge in [0.05, 0.1) is 10.7 Å². The van der Waals surface area contributed by atoms with Crippen molar-refractivity contribution in [2.45, 2.75) is 6.42 Å². The first-order valence-electron chi connectivity index (χ1n) is 5.47. The van der Waals surface area contributed by atoms with Crippen molar-refractivity contribution < 1.29 is 4.79 Å². The van der Waals surface area contributed by atoms with Crippen LogP contribution in [0.25, 0.3) is 0 Å². The number of hydrogen-bond donors (Lipinski definition) is 0. The third-order valence-electron chi connectivity index (χ3n) is 2.34. The normalized spacial score (nSPS) is 10.7. The molecule has 0 aliphatic rings. The highest BCUT2D eigenvalue weighted by molar-refractivity contribution is 6.33. The molecule has 4 heteroatoms. The van der Waals surface area contributed by atoms with Gasteiger partial charge in [0.1, 0.15) is 0 Å². The summed E-state index contributed by atoms with van der Waals surface area (Å²) in [4.78, 5) is 19.8. The quantitative estimate of drug-likeness (QED) is 0.620. The maximum Gasteiger partial charge on any atom is 0.169 e. The summed E-state index contributed by atoms with van der Waals surface area (Å²) >= 11 is 5.95. The Morgan fingerprint density at radius 1 is 1.28 bits per heavy atom.